The number of halogens is 1. The lowest BCUT2D eigenvalue weighted by molar-refractivity contribution is 0.0927. The van der Waals surface area contributed by atoms with E-state index in [1.54, 1.807) is 6.07 Å². The van der Waals surface area contributed by atoms with E-state index in [0.29, 0.717) is 17.8 Å². The Morgan fingerprint density at radius 2 is 1.79 bits per heavy atom. The van der Waals surface area contributed by atoms with Gasteiger partial charge in [0.1, 0.15) is 0 Å². The number of carbonyl (C=O) groups is 1. The molecule has 1 aromatic heterocycles. The average Bonchev–Trinajstić information content (AvgIpc) is 3.14. The van der Waals surface area contributed by atoms with Crippen LogP contribution < -0.4 is 5.32 Å². The molecule has 2 aromatic rings. The van der Waals surface area contributed by atoms with Crippen LogP contribution in [0.1, 0.15) is 16.1 Å². The van der Waals surface area contributed by atoms with Crippen LogP contribution in [-0.4, -0.2) is 68.6 Å². The van der Waals surface area contributed by atoms with Crippen molar-refractivity contribution in [2.75, 3.05) is 45.0 Å². The highest BCUT2D eigenvalue weighted by atomic mass is 79.9. The van der Waals surface area contributed by atoms with Gasteiger partial charge in [0, 0.05) is 39.3 Å². The number of nitrogens with one attached hydrogen (secondary N) is 1. The summed E-state index contributed by atoms with van der Waals surface area (Å²) in [5.41, 5.74) is 1.29. The molecular formula is C19H24BrN3O4S. The quantitative estimate of drug-likeness (QED) is 0.638. The molecular weight excluding hydrogens is 446 g/mol. The van der Waals surface area contributed by atoms with Crippen molar-refractivity contribution in [3.63, 3.8) is 0 Å². The van der Waals surface area contributed by atoms with Gasteiger partial charge in [0.2, 0.25) is 10.0 Å². The second-order valence-electron chi connectivity index (χ2n) is 6.65. The minimum absolute atomic E-state index is 0.0493. The van der Waals surface area contributed by atoms with Crippen LogP contribution in [0.2, 0.25) is 0 Å². The maximum Gasteiger partial charge on any atom is 0.287 e. The van der Waals surface area contributed by atoms with E-state index in [2.05, 4.69) is 38.3 Å². The van der Waals surface area contributed by atoms with E-state index in [-0.39, 0.29) is 18.1 Å². The molecule has 0 saturated carbocycles. The second kappa shape index (κ2) is 9.69. The normalized spacial score (nSPS) is 16.2. The predicted octanol–water partition coefficient (Wildman–Crippen LogP) is 1.96. The molecule has 7 nitrogen and oxygen atoms in total. The van der Waals surface area contributed by atoms with Crippen LogP contribution in [0, 0.1) is 0 Å². The topological polar surface area (TPSA) is 82.9 Å². The lowest BCUT2D eigenvalue weighted by atomic mass is 10.1. The van der Waals surface area contributed by atoms with Gasteiger partial charge in [0.25, 0.3) is 5.91 Å². The highest BCUT2D eigenvalue weighted by molar-refractivity contribution is 9.10. The van der Waals surface area contributed by atoms with Crippen molar-refractivity contribution in [2.45, 2.75) is 6.42 Å². The van der Waals surface area contributed by atoms with E-state index in [1.807, 2.05) is 18.2 Å². The first-order chi connectivity index (χ1) is 13.4. The van der Waals surface area contributed by atoms with Gasteiger partial charge in [-0.3, -0.25) is 4.79 Å². The molecule has 1 aromatic carbocycles. The fraction of sp³-hybridized carbons (Fsp3) is 0.421. The van der Waals surface area contributed by atoms with E-state index < -0.39 is 15.9 Å². The molecule has 1 saturated heterocycles. The number of hydrogen-bond acceptors (Lipinski definition) is 5. The molecule has 0 unspecified atom stereocenters. The van der Waals surface area contributed by atoms with Gasteiger partial charge < -0.3 is 14.6 Å². The first kappa shape index (κ1) is 21.0. The highest BCUT2D eigenvalue weighted by Gasteiger charge is 2.26. The van der Waals surface area contributed by atoms with Gasteiger partial charge in [-0.25, -0.2) is 8.42 Å². The summed E-state index contributed by atoms with van der Waals surface area (Å²) in [6.45, 7) is 3.38. The zero-order chi connectivity index (χ0) is 20.0. The molecule has 1 aliphatic rings. The molecule has 0 radical (unpaired) electrons. The Hall–Kier alpha value is -1.68. The number of hydrogen-bond donors (Lipinski definition) is 1. The highest BCUT2D eigenvalue weighted by Crippen LogP contribution is 2.14. The molecule has 0 atom stereocenters. The number of piperazine rings is 1. The van der Waals surface area contributed by atoms with E-state index in [4.69, 9.17) is 4.42 Å². The molecule has 3 rings (SSSR count). The summed E-state index contributed by atoms with van der Waals surface area (Å²) >= 11 is 3.13. The van der Waals surface area contributed by atoms with E-state index >= 15 is 0 Å². The van der Waals surface area contributed by atoms with Gasteiger partial charge in [-0.1, -0.05) is 30.3 Å². The molecule has 0 aliphatic carbocycles. The molecule has 152 valence electrons. The SMILES string of the molecule is O=C(NCCS(=O)(=O)N1CCN(CCc2ccccc2)CC1)c1ccc(Br)o1. The van der Waals surface area contributed by atoms with Crippen molar-refractivity contribution >= 4 is 31.9 Å². The van der Waals surface area contributed by atoms with Crippen molar-refractivity contribution in [1.82, 2.24) is 14.5 Å². The minimum Gasteiger partial charge on any atom is -0.444 e. The van der Waals surface area contributed by atoms with Crippen molar-refractivity contribution in [3.05, 3.63) is 58.5 Å². The third kappa shape index (κ3) is 5.91. The predicted molar refractivity (Wildman–Crippen MR) is 111 cm³/mol. The Morgan fingerprint density at radius 1 is 1.07 bits per heavy atom. The minimum atomic E-state index is -3.39. The number of sulfonamides is 1. The standard InChI is InChI=1S/C19H24BrN3O4S/c20-18-7-6-17(27-18)19(24)21-9-15-28(25,26)23-13-11-22(12-14-23)10-8-16-4-2-1-3-5-16/h1-7H,8-15H2,(H,21,24). The molecule has 1 amide bonds. The Balaban J connectivity index is 1.39. The largest absolute Gasteiger partial charge is 0.444 e. The number of nitrogens with zero attached hydrogens (tertiary/aromatic N) is 2. The summed E-state index contributed by atoms with van der Waals surface area (Å²) < 4.78 is 32.2. The van der Waals surface area contributed by atoms with Crippen molar-refractivity contribution < 1.29 is 17.6 Å². The first-order valence-electron chi connectivity index (χ1n) is 9.22. The molecule has 1 fully saturated rings. The van der Waals surface area contributed by atoms with E-state index in [0.717, 1.165) is 26.1 Å². The average molecular weight is 470 g/mol. The molecule has 28 heavy (non-hydrogen) atoms. The molecule has 0 spiro atoms. The number of rotatable bonds is 8. The number of carbonyl (C=O) groups excluding carboxylic acids is 1. The maximum atomic E-state index is 12.5. The zero-order valence-electron chi connectivity index (χ0n) is 15.5. The van der Waals surface area contributed by atoms with Gasteiger partial charge >= 0.3 is 0 Å². The summed E-state index contributed by atoms with van der Waals surface area (Å²) in [5, 5.41) is 2.58. The Bertz CT molecular complexity index is 878. The summed E-state index contributed by atoms with van der Waals surface area (Å²) in [6, 6.07) is 13.4. The smallest absolute Gasteiger partial charge is 0.287 e. The fourth-order valence-electron chi connectivity index (χ4n) is 3.11. The summed E-state index contributed by atoms with van der Waals surface area (Å²) in [7, 11) is -3.39. The van der Waals surface area contributed by atoms with Gasteiger partial charge in [0.15, 0.2) is 10.4 Å². The Labute approximate surface area is 173 Å². The monoisotopic (exact) mass is 469 g/mol. The molecule has 1 aliphatic heterocycles. The molecule has 9 heteroatoms. The second-order valence-corrected chi connectivity index (χ2v) is 9.52. The van der Waals surface area contributed by atoms with Crippen LogP contribution >= 0.6 is 15.9 Å². The first-order valence-corrected chi connectivity index (χ1v) is 11.6. The van der Waals surface area contributed by atoms with Crippen LogP contribution in [-0.2, 0) is 16.4 Å². The van der Waals surface area contributed by atoms with Crippen molar-refractivity contribution in [2.24, 2.45) is 0 Å². The van der Waals surface area contributed by atoms with E-state index in [9.17, 15) is 13.2 Å². The van der Waals surface area contributed by atoms with E-state index in [1.165, 1.54) is 15.9 Å². The molecule has 1 N–H and O–H groups in total. The van der Waals surface area contributed by atoms with Crippen LogP contribution in [0.4, 0.5) is 0 Å². The summed E-state index contributed by atoms with van der Waals surface area (Å²) in [5.74, 6) is -0.395. The summed E-state index contributed by atoms with van der Waals surface area (Å²) in [6.07, 6.45) is 0.961. The zero-order valence-corrected chi connectivity index (χ0v) is 17.9. The summed E-state index contributed by atoms with van der Waals surface area (Å²) in [4.78, 5) is 14.2. The van der Waals surface area contributed by atoms with Gasteiger partial charge in [-0.05, 0) is 40.0 Å². The Kier molecular flexibility index (Phi) is 7.28. The van der Waals surface area contributed by atoms with Gasteiger partial charge in [-0.2, -0.15) is 4.31 Å². The number of furan rings is 1. The van der Waals surface area contributed by atoms with Crippen LogP contribution in [0.15, 0.2) is 51.6 Å². The van der Waals surface area contributed by atoms with Crippen LogP contribution in [0.5, 0.6) is 0 Å². The fourth-order valence-corrected chi connectivity index (χ4v) is 4.75. The lowest BCUT2D eigenvalue weighted by Crippen LogP contribution is -2.50. The molecule has 2 heterocycles. The Morgan fingerprint density at radius 3 is 2.43 bits per heavy atom. The van der Waals surface area contributed by atoms with Gasteiger partial charge in [-0.15, -0.1) is 0 Å². The maximum absolute atomic E-state index is 12.5. The van der Waals surface area contributed by atoms with Crippen molar-refractivity contribution in [3.8, 4) is 0 Å². The van der Waals surface area contributed by atoms with Crippen LogP contribution in [0.25, 0.3) is 0 Å². The number of amides is 1. The third-order valence-corrected chi connectivity index (χ3v) is 7.02. The third-order valence-electron chi connectivity index (χ3n) is 4.73. The lowest BCUT2D eigenvalue weighted by Gasteiger charge is -2.34. The van der Waals surface area contributed by atoms with Crippen LogP contribution in [0.3, 0.4) is 0 Å². The molecule has 0 bridgehead atoms. The van der Waals surface area contributed by atoms with Crippen molar-refractivity contribution in [1.29, 1.82) is 0 Å². The number of benzene rings is 1. The van der Waals surface area contributed by atoms with Gasteiger partial charge in [0.05, 0.1) is 5.75 Å².